The molecule has 1 unspecified atom stereocenters. The fraction of sp³-hybridized carbons (Fsp3) is 0.385. The maximum Gasteiger partial charge on any atom is 0.310 e. The Hall–Kier alpha value is -1.84. The van der Waals surface area contributed by atoms with Crippen LogP contribution in [0.25, 0.3) is 0 Å². The monoisotopic (exact) mass is 233 g/mol. The maximum absolute atomic E-state index is 12.0. The molecule has 1 aromatic rings. The van der Waals surface area contributed by atoms with Crippen molar-refractivity contribution in [1.82, 2.24) is 4.90 Å². The molecule has 4 nitrogen and oxygen atoms in total. The maximum atomic E-state index is 12.0. The lowest BCUT2D eigenvalue weighted by molar-refractivity contribution is -0.153. The van der Waals surface area contributed by atoms with Crippen LogP contribution in [0.4, 0.5) is 0 Å². The molecule has 1 atom stereocenters. The molecule has 90 valence electrons. The van der Waals surface area contributed by atoms with Crippen LogP contribution in [-0.2, 0) is 9.59 Å². The summed E-state index contributed by atoms with van der Waals surface area (Å²) in [5.41, 5.74) is 0.969. The van der Waals surface area contributed by atoms with E-state index in [2.05, 4.69) is 0 Å². The number of rotatable bonds is 3. The second kappa shape index (κ2) is 4.57. The first-order chi connectivity index (χ1) is 8.09. The SMILES string of the molecule is CC(C(=O)N1CC(C(=O)O)C1)c1ccccc1. The number of carboxylic acids is 1. The standard InChI is InChI=1S/C13H15NO3/c1-9(10-5-3-2-4-6-10)12(15)14-7-11(8-14)13(16)17/h2-6,9,11H,7-8H2,1H3,(H,16,17). The van der Waals surface area contributed by atoms with Crippen LogP contribution in [-0.4, -0.2) is 35.0 Å². The number of aliphatic carboxylic acids is 1. The van der Waals surface area contributed by atoms with Gasteiger partial charge < -0.3 is 10.0 Å². The van der Waals surface area contributed by atoms with E-state index in [4.69, 9.17) is 5.11 Å². The minimum Gasteiger partial charge on any atom is -0.481 e. The quantitative estimate of drug-likeness (QED) is 0.857. The molecule has 1 saturated heterocycles. The summed E-state index contributed by atoms with van der Waals surface area (Å²) in [6, 6.07) is 9.53. The normalized spacial score (nSPS) is 17.4. The number of hydrogen-bond acceptors (Lipinski definition) is 2. The van der Waals surface area contributed by atoms with Gasteiger partial charge in [0, 0.05) is 13.1 Å². The Morgan fingerprint density at radius 2 is 1.88 bits per heavy atom. The predicted molar refractivity (Wildman–Crippen MR) is 62.6 cm³/mol. The smallest absolute Gasteiger partial charge is 0.310 e. The molecule has 1 N–H and O–H groups in total. The van der Waals surface area contributed by atoms with Gasteiger partial charge in [0.1, 0.15) is 0 Å². The van der Waals surface area contributed by atoms with Gasteiger partial charge >= 0.3 is 5.97 Å². The molecule has 1 aromatic carbocycles. The fourth-order valence-corrected chi connectivity index (χ4v) is 1.97. The predicted octanol–water partition coefficient (Wildman–Crippen LogP) is 1.33. The summed E-state index contributed by atoms with van der Waals surface area (Å²) in [6.45, 7) is 2.53. The Morgan fingerprint density at radius 3 is 2.41 bits per heavy atom. The number of carboxylic acid groups (broad SMARTS) is 1. The second-order valence-corrected chi connectivity index (χ2v) is 4.41. The van der Waals surface area contributed by atoms with Gasteiger partial charge in [0.2, 0.25) is 5.91 Å². The molecule has 0 saturated carbocycles. The molecule has 0 aromatic heterocycles. The molecule has 2 rings (SSSR count). The summed E-state index contributed by atoms with van der Waals surface area (Å²) in [6.07, 6.45) is 0. The number of hydrogen-bond donors (Lipinski definition) is 1. The Bertz CT molecular complexity index is 424. The molecule has 1 fully saturated rings. The van der Waals surface area contributed by atoms with E-state index in [1.54, 1.807) is 4.90 Å². The van der Waals surface area contributed by atoms with Gasteiger partial charge in [-0.1, -0.05) is 30.3 Å². The average molecular weight is 233 g/mol. The third-order valence-electron chi connectivity index (χ3n) is 3.21. The van der Waals surface area contributed by atoms with Gasteiger partial charge in [0.25, 0.3) is 0 Å². The van der Waals surface area contributed by atoms with Gasteiger partial charge in [-0.3, -0.25) is 9.59 Å². The number of benzene rings is 1. The summed E-state index contributed by atoms with van der Waals surface area (Å²) >= 11 is 0. The zero-order valence-corrected chi connectivity index (χ0v) is 9.67. The molecular formula is C13H15NO3. The van der Waals surface area contributed by atoms with Gasteiger partial charge in [-0.05, 0) is 12.5 Å². The fourth-order valence-electron chi connectivity index (χ4n) is 1.97. The highest BCUT2D eigenvalue weighted by molar-refractivity contribution is 5.86. The van der Waals surface area contributed by atoms with Gasteiger partial charge in [-0.2, -0.15) is 0 Å². The Kier molecular flexibility index (Phi) is 3.13. The lowest BCUT2D eigenvalue weighted by Crippen LogP contribution is -2.54. The molecule has 4 heteroatoms. The van der Waals surface area contributed by atoms with Crippen LogP contribution in [0.15, 0.2) is 30.3 Å². The van der Waals surface area contributed by atoms with Crippen LogP contribution in [0, 0.1) is 5.92 Å². The van der Waals surface area contributed by atoms with Crippen LogP contribution in [0.1, 0.15) is 18.4 Å². The van der Waals surface area contributed by atoms with Crippen LogP contribution >= 0.6 is 0 Å². The number of amides is 1. The summed E-state index contributed by atoms with van der Waals surface area (Å²) in [5, 5.41) is 8.75. The first-order valence-corrected chi connectivity index (χ1v) is 5.66. The van der Waals surface area contributed by atoms with Crippen LogP contribution in [0.3, 0.4) is 0 Å². The molecule has 1 aliphatic rings. The molecule has 1 amide bonds. The van der Waals surface area contributed by atoms with E-state index in [-0.39, 0.29) is 17.7 Å². The van der Waals surface area contributed by atoms with E-state index in [0.717, 1.165) is 5.56 Å². The minimum atomic E-state index is -0.818. The average Bonchev–Trinajstić information content (AvgIpc) is 2.26. The molecule has 0 bridgehead atoms. The van der Waals surface area contributed by atoms with Crippen molar-refractivity contribution >= 4 is 11.9 Å². The van der Waals surface area contributed by atoms with Crippen molar-refractivity contribution in [3.05, 3.63) is 35.9 Å². The van der Waals surface area contributed by atoms with Crippen molar-refractivity contribution < 1.29 is 14.7 Å². The van der Waals surface area contributed by atoms with Crippen molar-refractivity contribution in [3.63, 3.8) is 0 Å². The molecule has 1 heterocycles. The van der Waals surface area contributed by atoms with Crippen molar-refractivity contribution in [1.29, 1.82) is 0 Å². The Labute approximate surface area is 99.9 Å². The van der Waals surface area contributed by atoms with Crippen molar-refractivity contribution in [3.8, 4) is 0 Å². The zero-order chi connectivity index (χ0) is 12.4. The van der Waals surface area contributed by atoms with Crippen molar-refractivity contribution in [2.45, 2.75) is 12.8 Å². The molecule has 1 aliphatic heterocycles. The van der Waals surface area contributed by atoms with Crippen molar-refractivity contribution in [2.75, 3.05) is 13.1 Å². The van der Waals surface area contributed by atoms with E-state index >= 15 is 0 Å². The van der Waals surface area contributed by atoms with Gasteiger partial charge in [0.05, 0.1) is 11.8 Å². The molecule has 0 radical (unpaired) electrons. The third-order valence-corrected chi connectivity index (χ3v) is 3.21. The minimum absolute atomic E-state index is 0.00806. The van der Waals surface area contributed by atoms with Gasteiger partial charge in [0.15, 0.2) is 0 Å². The first-order valence-electron chi connectivity index (χ1n) is 5.66. The highest BCUT2D eigenvalue weighted by Crippen LogP contribution is 2.23. The number of nitrogens with zero attached hydrogens (tertiary/aromatic N) is 1. The number of carbonyl (C=O) groups excluding carboxylic acids is 1. The van der Waals surface area contributed by atoms with Crippen LogP contribution < -0.4 is 0 Å². The first kappa shape index (κ1) is 11.6. The Balaban J connectivity index is 1.96. The molecule has 17 heavy (non-hydrogen) atoms. The molecule has 0 aliphatic carbocycles. The van der Waals surface area contributed by atoms with E-state index in [1.165, 1.54) is 0 Å². The molecular weight excluding hydrogens is 218 g/mol. The highest BCUT2D eigenvalue weighted by atomic mass is 16.4. The van der Waals surface area contributed by atoms with E-state index in [9.17, 15) is 9.59 Å². The summed E-state index contributed by atoms with van der Waals surface area (Å²) in [5.74, 6) is -1.40. The molecule has 0 spiro atoms. The van der Waals surface area contributed by atoms with Crippen LogP contribution in [0.2, 0.25) is 0 Å². The largest absolute Gasteiger partial charge is 0.481 e. The van der Waals surface area contributed by atoms with Crippen LogP contribution in [0.5, 0.6) is 0 Å². The number of likely N-dealkylation sites (tertiary alicyclic amines) is 1. The van der Waals surface area contributed by atoms with E-state index < -0.39 is 5.97 Å². The summed E-state index contributed by atoms with van der Waals surface area (Å²) in [4.78, 5) is 24.3. The lowest BCUT2D eigenvalue weighted by atomic mass is 9.94. The van der Waals surface area contributed by atoms with Gasteiger partial charge in [-0.15, -0.1) is 0 Å². The van der Waals surface area contributed by atoms with Gasteiger partial charge in [-0.25, -0.2) is 0 Å². The topological polar surface area (TPSA) is 57.6 Å². The Morgan fingerprint density at radius 1 is 1.29 bits per heavy atom. The highest BCUT2D eigenvalue weighted by Gasteiger charge is 2.37. The summed E-state index contributed by atoms with van der Waals surface area (Å²) in [7, 11) is 0. The number of carbonyl (C=O) groups is 2. The zero-order valence-electron chi connectivity index (χ0n) is 9.67. The third kappa shape index (κ3) is 2.30. The van der Waals surface area contributed by atoms with E-state index in [1.807, 2.05) is 37.3 Å². The lowest BCUT2D eigenvalue weighted by Gasteiger charge is -2.38. The van der Waals surface area contributed by atoms with Crippen molar-refractivity contribution in [2.24, 2.45) is 5.92 Å². The van der Waals surface area contributed by atoms with E-state index in [0.29, 0.717) is 13.1 Å². The second-order valence-electron chi connectivity index (χ2n) is 4.41. The summed E-state index contributed by atoms with van der Waals surface area (Å²) < 4.78 is 0.